The molecule has 9 heteroatoms. The molecule has 0 amide bonds. The summed E-state index contributed by atoms with van der Waals surface area (Å²) in [5, 5.41) is 12.6. The van der Waals surface area contributed by atoms with Crippen molar-refractivity contribution in [2.24, 2.45) is 17.8 Å². The van der Waals surface area contributed by atoms with Crippen LogP contribution >= 0.6 is 34.5 Å². The normalized spacial score (nSPS) is 27.5. The van der Waals surface area contributed by atoms with Gasteiger partial charge in [-0.25, -0.2) is 9.37 Å². The number of halogens is 3. The van der Waals surface area contributed by atoms with Gasteiger partial charge in [0, 0.05) is 6.04 Å². The molecule has 0 saturated heterocycles. The van der Waals surface area contributed by atoms with E-state index in [4.69, 9.17) is 23.2 Å². The molecule has 2 atom stereocenters. The number of carbonyl (C=O) groups is 1. The Morgan fingerprint density at radius 1 is 1.19 bits per heavy atom. The lowest BCUT2D eigenvalue weighted by atomic mass is 9.61. The molecule has 26 heavy (non-hydrogen) atoms. The van der Waals surface area contributed by atoms with Crippen molar-refractivity contribution in [2.75, 3.05) is 5.32 Å². The predicted octanol–water partition coefficient (Wildman–Crippen LogP) is 4.95. The molecular weight excluding hydrogens is 400 g/mol. The number of fused-ring (bicyclic) bond motifs is 3. The highest BCUT2D eigenvalue weighted by Crippen LogP contribution is 2.46. The Labute approximate surface area is 163 Å². The molecule has 5 rings (SSSR count). The molecule has 5 nitrogen and oxygen atoms in total. The summed E-state index contributed by atoms with van der Waals surface area (Å²) in [6.45, 7) is 0. The molecule has 0 aromatic carbocycles. The molecule has 0 aliphatic heterocycles. The van der Waals surface area contributed by atoms with Crippen molar-refractivity contribution in [3.63, 3.8) is 0 Å². The van der Waals surface area contributed by atoms with Gasteiger partial charge in [-0.3, -0.25) is 4.79 Å². The lowest BCUT2D eigenvalue weighted by Crippen LogP contribution is -2.51. The number of aliphatic carboxylic acids is 1. The molecule has 0 spiro atoms. The van der Waals surface area contributed by atoms with E-state index in [1.807, 2.05) is 0 Å². The van der Waals surface area contributed by atoms with Crippen LogP contribution in [0.1, 0.15) is 25.7 Å². The minimum absolute atomic E-state index is 0.0478. The number of nitrogens with one attached hydrogen (secondary N) is 1. The van der Waals surface area contributed by atoms with Crippen LogP contribution in [0.2, 0.25) is 9.62 Å². The summed E-state index contributed by atoms with van der Waals surface area (Å²) in [6.07, 6.45) is 3.71. The van der Waals surface area contributed by atoms with Gasteiger partial charge in [0.15, 0.2) is 11.6 Å². The Balaban J connectivity index is 1.70. The SMILES string of the molecule is O=C(O)[C@@H]1C2CCC(CC2)[C@H]1Nc1nc(Cl)nc(-c2ccc(Cl)s2)c1F. The average molecular weight is 416 g/mol. The van der Waals surface area contributed by atoms with Crippen molar-refractivity contribution in [1.29, 1.82) is 0 Å². The number of aromatic nitrogens is 2. The van der Waals surface area contributed by atoms with Crippen LogP contribution in [0.25, 0.3) is 10.6 Å². The molecule has 2 aromatic heterocycles. The number of nitrogens with zero attached hydrogens (tertiary/aromatic N) is 2. The summed E-state index contributed by atoms with van der Waals surface area (Å²) in [5.74, 6) is -1.77. The summed E-state index contributed by atoms with van der Waals surface area (Å²) in [6, 6.07) is 2.96. The summed E-state index contributed by atoms with van der Waals surface area (Å²) in [7, 11) is 0. The van der Waals surface area contributed by atoms with Gasteiger partial charge in [-0.2, -0.15) is 4.98 Å². The van der Waals surface area contributed by atoms with E-state index in [-0.39, 0.29) is 34.7 Å². The topological polar surface area (TPSA) is 75.1 Å². The lowest BCUT2D eigenvalue weighted by Gasteiger charge is -2.47. The number of hydrogen-bond donors (Lipinski definition) is 2. The third-order valence-electron chi connectivity index (χ3n) is 5.44. The summed E-state index contributed by atoms with van der Waals surface area (Å²) in [4.78, 5) is 20.3. The number of carboxylic acid groups (broad SMARTS) is 1. The van der Waals surface area contributed by atoms with Gasteiger partial charge in [0.05, 0.1) is 15.1 Å². The predicted molar refractivity (Wildman–Crippen MR) is 99.3 cm³/mol. The van der Waals surface area contributed by atoms with Crippen molar-refractivity contribution in [2.45, 2.75) is 31.7 Å². The van der Waals surface area contributed by atoms with Crippen LogP contribution in [0.3, 0.4) is 0 Å². The third-order valence-corrected chi connectivity index (χ3v) is 6.85. The first-order valence-corrected chi connectivity index (χ1v) is 9.99. The molecule has 2 aromatic rings. The van der Waals surface area contributed by atoms with E-state index in [2.05, 4.69) is 15.3 Å². The molecule has 3 aliphatic carbocycles. The number of thiophene rings is 1. The summed E-state index contributed by atoms with van der Waals surface area (Å²) >= 11 is 13.1. The zero-order chi connectivity index (χ0) is 18.4. The lowest BCUT2D eigenvalue weighted by molar-refractivity contribution is -0.148. The molecular formula is C17H16Cl2FN3O2S. The van der Waals surface area contributed by atoms with Crippen LogP contribution in [0.5, 0.6) is 0 Å². The van der Waals surface area contributed by atoms with E-state index in [1.54, 1.807) is 12.1 Å². The first kappa shape index (κ1) is 17.9. The first-order valence-electron chi connectivity index (χ1n) is 8.42. The average Bonchev–Trinajstić information content (AvgIpc) is 3.04. The molecule has 3 fully saturated rings. The van der Waals surface area contributed by atoms with Gasteiger partial charge in [0.2, 0.25) is 5.28 Å². The van der Waals surface area contributed by atoms with Crippen LogP contribution in [0, 0.1) is 23.6 Å². The number of hydrogen-bond acceptors (Lipinski definition) is 5. The summed E-state index contributed by atoms with van der Waals surface area (Å²) < 4.78 is 15.6. The zero-order valence-electron chi connectivity index (χ0n) is 13.6. The Bertz CT molecular complexity index is 855. The van der Waals surface area contributed by atoms with Gasteiger partial charge in [0.25, 0.3) is 0 Å². The van der Waals surface area contributed by atoms with Crippen LogP contribution in [0.4, 0.5) is 10.2 Å². The van der Waals surface area contributed by atoms with Crippen LogP contribution in [-0.4, -0.2) is 27.1 Å². The molecule has 138 valence electrons. The molecule has 0 radical (unpaired) electrons. The second-order valence-corrected chi connectivity index (χ2v) is 8.87. The van der Waals surface area contributed by atoms with Gasteiger partial charge in [-0.15, -0.1) is 11.3 Å². The van der Waals surface area contributed by atoms with E-state index in [9.17, 15) is 9.90 Å². The Hall–Kier alpha value is -1.44. The fraction of sp³-hybridized carbons (Fsp3) is 0.471. The van der Waals surface area contributed by atoms with Crippen LogP contribution in [0.15, 0.2) is 12.1 Å². The van der Waals surface area contributed by atoms with Crippen molar-refractivity contribution in [3.05, 3.63) is 27.6 Å². The maximum atomic E-state index is 15.0. The van der Waals surface area contributed by atoms with Gasteiger partial charge in [-0.05, 0) is 61.3 Å². The van der Waals surface area contributed by atoms with Crippen molar-refractivity contribution in [1.82, 2.24) is 9.97 Å². The fourth-order valence-corrected chi connectivity index (χ4v) is 5.49. The summed E-state index contributed by atoms with van der Waals surface area (Å²) in [5.41, 5.74) is 0.0669. The largest absolute Gasteiger partial charge is 0.481 e. The van der Waals surface area contributed by atoms with Crippen LogP contribution in [-0.2, 0) is 4.79 Å². The van der Waals surface area contributed by atoms with Crippen molar-refractivity contribution < 1.29 is 14.3 Å². The highest BCUT2D eigenvalue weighted by molar-refractivity contribution is 7.19. The van der Waals surface area contributed by atoms with Gasteiger partial charge in [-0.1, -0.05) is 11.6 Å². The van der Waals surface area contributed by atoms with Crippen molar-refractivity contribution >= 4 is 46.3 Å². The van der Waals surface area contributed by atoms with Gasteiger partial charge < -0.3 is 10.4 Å². The van der Waals surface area contributed by atoms with E-state index < -0.39 is 17.7 Å². The Kier molecular flexibility index (Phi) is 4.79. The molecule has 3 saturated carbocycles. The van der Waals surface area contributed by atoms with Crippen LogP contribution < -0.4 is 5.32 Å². The minimum atomic E-state index is -0.845. The second kappa shape index (κ2) is 6.94. The highest BCUT2D eigenvalue weighted by atomic mass is 35.5. The smallest absolute Gasteiger partial charge is 0.308 e. The quantitative estimate of drug-likeness (QED) is 0.690. The van der Waals surface area contributed by atoms with Gasteiger partial charge >= 0.3 is 5.97 Å². The molecule has 2 heterocycles. The molecule has 2 N–H and O–H groups in total. The van der Waals surface area contributed by atoms with E-state index in [0.29, 0.717) is 9.21 Å². The van der Waals surface area contributed by atoms with E-state index in [0.717, 1.165) is 25.7 Å². The standard InChI is InChI=1S/C17H16Cl2FN3O2S/c18-10-6-5-9(26-10)14-12(20)15(23-17(19)22-14)21-13-8-3-1-7(2-4-8)11(13)16(24)25/h5-8,11,13H,1-4H2,(H,24,25)(H,21,22,23)/t7?,8?,11-,13-/m1/s1. The molecule has 3 aliphatic rings. The van der Waals surface area contributed by atoms with E-state index >= 15 is 4.39 Å². The van der Waals surface area contributed by atoms with E-state index in [1.165, 1.54) is 11.3 Å². The van der Waals surface area contributed by atoms with Crippen molar-refractivity contribution in [3.8, 4) is 10.6 Å². The highest BCUT2D eigenvalue weighted by Gasteiger charge is 2.47. The number of anilines is 1. The third kappa shape index (κ3) is 3.17. The number of carboxylic acids is 1. The minimum Gasteiger partial charge on any atom is -0.481 e. The Morgan fingerprint density at radius 2 is 1.88 bits per heavy atom. The van der Waals surface area contributed by atoms with Gasteiger partial charge in [0.1, 0.15) is 5.69 Å². The monoisotopic (exact) mass is 415 g/mol. The first-order chi connectivity index (χ1) is 12.4. The second-order valence-electron chi connectivity index (χ2n) is 6.82. The zero-order valence-corrected chi connectivity index (χ0v) is 15.9. The molecule has 2 bridgehead atoms. The maximum absolute atomic E-state index is 15.0. The molecule has 0 unspecified atom stereocenters. The Morgan fingerprint density at radius 3 is 2.50 bits per heavy atom. The maximum Gasteiger partial charge on any atom is 0.308 e. The number of rotatable bonds is 4. The fourth-order valence-electron chi connectivity index (χ4n) is 4.29.